The van der Waals surface area contributed by atoms with E-state index in [4.69, 9.17) is 0 Å². The summed E-state index contributed by atoms with van der Waals surface area (Å²) in [5, 5.41) is 4.25. The lowest BCUT2D eigenvalue weighted by molar-refractivity contribution is 0.723. The highest BCUT2D eigenvalue weighted by atomic mass is 15.3. The molecule has 0 aliphatic carbocycles. The molecular weight excluding hydrogens is 136 g/mol. The first kappa shape index (κ1) is 10.2. The van der Waals surface area contributed by atoms with Crippen molar-refractivity contribution in [2.24, 2.45) is 7.05 Å². The van der Waals surface area contributed by atoms with Gasteiger partial charge < -0.3 is 0 Å². The topological polar surface area (TPSA) is 17.8 Å². The molecule has 0 saturated carbocycles. The van der Waals surface area contributed by atoms with Gasteiger partial charge in [0.05, 0.1) is 5.69 Å². The Morgan fingerprint density at radius 1 is 1.45 bits per heavy atom. The van der Waals surface area contributed by atoms with Gasteiger partial charge in [0.2, 0.25) is 0 Å². The number of hydrogen-bond acceptors (Lipinski definition) is 1. The Balaban J connectivity index is 0.000000461. The monoisotopic (exact) mass is 154 g/mol. The molecule has 0 amide bonds. The third kappa shape index (κ3) is 2.74. The van der Waals surface area contributed by atoms with Crippen molar-refractivity contribution in [2.45, 2.75) is 34.1 Å². The van der Waals surface area contributed by atoms with Crippen LogP contribution < -0.4 is 0 Å². The molecule has 0 aliphatic rings. The third-order valence-corrected chi connectivity index (χ3v) is 1.53. The Bertz CT molecular complexity index is 182. The summed E-state index contributed by atoms with van der Waals surface area (Å²) in [5.41, 5.74) is 2.40. The normalized spacial score (nSPS) is 8.82. The van der Waals surface area contributed by atoms with E-state index >= 15 is 0 Å². The van der Waals surface area contributed by atoms with Gasteiger partial charge in [-0.3, -0.25) is 4.68 Å². The number of hydrogen-bond donors (Lipinski definition) is 0. The lowest BCUT2D eigenvalue weighted by Gasteiger charge is -1.88. The second-order valence-corrected chi connectivity index (χ2v) is 2.25. The molecular formula is C9H18N2. The van der Waals surface area contributed by atoms with Crippen LogP contribution in [0.1, 0.15) is 32.2 Å². The van der Waals surface area contributed by atoms with Crippen molar-refractivity contribution in [3.8, 4) is 0 Å². The lowest BCUT2D eigenvalue weighted by Crippen LogP contribution is -1.92. The maximum absolute atomic E-state index is 4.25. The fraction of sp³-hybridized carbons (Fsp3) is 0.667. The quantitative estimate of drug-likeness (QED) is 0.607. The average Bonchev–Trinajstić information content (AvgIpc) is 2.36. The van der Waals surface area contributed by atoms with Gasteiger partial charge in [0.25, 0.3) is 0 Å². The van der Waals surface area contributed by atoms with Crippen LogP contribution in [0.25, 0.3) is 0 Å². The predicted molar refractivity (Wildman–Crippen MR) is 48.7 cm³/mol. The van der Waals surface area contributed by atoms with Gasteiger partial charge in [0.15, 0.2) is 0 Å². The van der Waals surface area contributed by atoms with E-state index in [1.54, 1.807) is 0 Å². The highest BCUT2D eigenvalue weighted by Gasteiger charge is 1.95. The van der Waals surface area contributed by atoms with Gasteiger partial charge in [0, 0.05) is 12.7 Å². The van der Waals surface area contributed by atoms with Crippen molar-refractivity contribution in [1.29, 1.82) is 0 Å². The number of aryl methyl sites for hydroxylation is 3. The first-order chi connectivity index (χ1) is 5.24. The van der Waals surface area contributed by atoms with Gasteiger partial charge in [-0.15, -0.1) is 0 Å². The maximum atomic E-state index is 4.25. The maximum Gasteiger partial charge on any atom is 0.0624 e. The summed E-state index contributed by atoms with van der Waals surface area (Å²) in [6.07, 6.45) is 1.03. The Morgan fingerprint density at radius 2 is 2.00 bits per heavy atom. The zero-order valence-corrected chi connectivity index (χ0v) is 8.18. The zero-order valence-electron chi connectivity index (χ0n) is 8.18. The van der Waals surface area contributed by atoms with E-state index in [0.717, 1.165) is 6.42 Å². The van der Waals surface area contributed by atoms with Gasteiger partial charge in [-0.2, -0.15) is 5.10 Å². The molecule has 0 N–H and O–H groups in total. The second-order valence-electron chi connectivity index (χ2n) is 2.25. The minimum absolute atomic E-state index is 1.03. The Hall–Kier alpha value is -0.790. The van der Waals surface area contributed by atoms with Crippen LogP contribution in [0.4, 0.5) is 0 Å². The van der Waals surface area contributed by atoms with Crippen molar-refractivity contribution >= 4 is 0 Å². The summed E-state index contributed by atoms with van der Waals surface area (Å²) in [4.78, 5) is 0. The largest absolute Gasteiger partial charge is 0.273 e. The van der Waals surface area contributed by atoms with Crippen LogP contribution in [-0.4, -0.2) is 9.78 Å². The van der Waals surface area contributed by atoms with Crippen LogP contribution in [0.15, 0.2) is 6.07 Å². The van der Waals surface area contributed by atoms with E-state index in [-0.39, 0.29) is 0 Å². The van der Waals surface area contributed by atoms with Crippen LogP contribution in [0.5, 0.6) is 0 Å². The van der Waals surface area contributed by atoms with E-state index in [0.29, 0.717) is 0 Å². The molecule has 1 aromatic rings. The van der Waals surface area contributed by atoms with E-state index in [2.05, 4.69) is 25.0 Å². The van der Waals surface area contributed by atoms with Gasteiger partial charge in [-0.1, -0.05) is 20.8 Å². The molecule has 2 heteroatoms. The lowest BCUT2D eigenvalue weighted by atomic mass is 10.3. The average molecular weight is 154 g/mol. The molecule has 0 fully saturated rings. The molecule has 11 heavy (non-hydrogen) atoms. The van der Waals surface area contributed by atoms with Gasteiger partial charge in [-0.05, 0) is 19.4 Å². The van der Waals surface area contributed by atoms with Gasteiger partial charge in [0.1, 0.15) is 0 Å². The van der Waals surface area contributed by atoms with E-state index in [9.17, 15) is 0 Å². The number of aromatic nitrogens is 2. The highest BCUT2D eigenvalue weighted by molar-refractivity contribution is 5.07. The summed E-state index contributed by atoms with van der Waals surface area (Å²) >= 11 is 0. The molecule has 0 bridgehead atoms. The van der Waals surface area contributed by atoms with Crippen LogP contribution in [-0.2, 0) is 13.5 Å². The Labute approximate surface area is 69.2 Å². The smallest absolute Gasteiger partial charge is 0.0624 e. The van der Waals surface area contributed by atoms with Crippen molar-refractivity contribution in [2.75, 3.05) is 0 Å². The fourth-order valence-corrected chi connectivity index (χ4v) is 0.808. The molecule has 0 radical (unpaired) electrons. The third-order valence-electron chi connectivity index (χ3n) is 1.53. The summed E-state index contributed by atoms with van der Waals surface area (Å²) < 4.78 is 1.90. The number of rotatable bonds is 1. The van der Waals surface area contributed by atoms with E-state index < -0.39 is 0 Å². The standard InChI is InChI=1S/C7H12N2.C2H6/c1-4-7-5-6(2)9(3)8-7;1-2/h5H,4H2,1-3H3;1-2H3. The van der Waals surface area contributed by atoms with Crippen LogP contribution >= 0.6 is 0 Å². The summed E-state index contributed by atoms with van der Waals surface area (Å²) in [7, 11) is 1.97. The molecule has 1 rings (SSSR count). The molecule has 0 atom stereocenters. The molecule has 0 saturated heterocycles. The molecule has 1 heterocycles. The van der Waals surface area contributed by atoms with Gasteiger partial charge >= 0.3 is 0 Å². The van der Waals surface area contributed by atoms with Crippen LogP contribution in [0, 0.1) is 6.92 Å². The molecule has 0 aliphatic heterocycles. The Morgan fingerprint density at radius 3 is 2.18 bits per heavy atom. The first-order valence-corrected chi connectivity index (χ1v) is 4.23. The van der Waals surface area contributed by atoms with Crippen LogP contribution in [0.3, 0.4) is 0 Å². The molecule has 0 unspecified atom stereocenters. The predicted octanol–water partition coefficient (Wildman–Crippen LogP) is 2.32. The molecule has 64 valence electrons. The van der Waals surface area contributed by atoms with E-state index in [1.165, 1.54) is 11.4 Å². The van der Waals surface area contributed by atoms with Gasteiger partial charge in [-0.25, -0.2) is 0 Å². The Kier molecular flexibility index (Phi) is 4.59. The first-order valence-electron chi connectivity index (χ1n) is 4.23. The fourth-order valence-electron chi connectivity index (χ4n) is 0.808. The minimum atomic E-state index is 1.03. The van der Waals surface area contributed by atoms with Crippen LogP contribution in [0.2, 0.25) is 0 Å². The zero-order chi connectivity index (χ0) is 8.85. The second kappa shape index (κ2) is 4.94. The van der Waals surface area contributed by atoms with Crippen molar-refractivity contribution in [3.63, 3.8) is 0 Å². The van der Waals surface area contributed by atoms with Crippen molar-refractivity contribution in [3.05, 3.63) is 17.5 Å². The van der Waals surface area contributed by atoms with Crippen molar-refractivity contribution in [1.82, 2.24) is 9.78 Å². The SMILES string of the molecule is CC.CCc1cc(C)n(C)n1. The highest BCUT2D eigenvalue weighted by Crippen LogP contribution is 2.00. The molecule has 0 aromatic carbocycles. The molecule has 1 aromatic heterocycles. The van der Waals surface area contributed by atoms with Crippen molar-refractivity contribution < 1.29 is 0 Å². The summed E-state index contributed by atoms with van der Waals surface area (Å²) in [6, 6.07) is 2.11. The van der Waals surface area contributed by atoms with E-state index in [1.807, 2.05) is 25.6 Å². The minimum Gasteiger partial charge on any atom is -0.273 e. The number of nitrogens with zero attached hydrogens (tertiary/aromatic N) is 2. The molecule has 0 spiro atoms. The summed E-state index contributed by atoms with van der Waals surface area (Å²) in [5.74, 6) is 0. The summed E-state index contributed by atoms with van der Waals surface area (Å²) in [6.45, 7) is 8.17. The molecule has 2 nitrogen and oxygen atoms in total.